The summed E-state index contributed by atoms with van der Waals surface area (Å²) in [4.78, 5) is 24.7. The molecule has 8 heteroatoms. The monoisotopic (exact) mass is 465 g/mol. The van der Waals surface area contributed by atoms with Gasteiger partial charge in [-0.15, -0.1) is 0 Å². The van der Waals surface area contributed by atoms with Crippen LogP contribution >= 0.6 is 0 Å². The number of hydrogen-bond donors (Lipinski definition) is 2. The van der Waals surface area contributed by atoms with Gasteiger partial charge in [0.15, 0.2) is 0 Å². The predicted octanol–water partition coefficient (Wildman–Crippen LogP) is 4.67. The van der Waals surface area contributed by atoms with Crippen molar-refractivity contribution in [2.75, 3.05) is 22.0 Å². The molecule has 3 aromatic carbocycles. The third-order valence-electron chi connectivity index (χ3n) is 5.06. The summed E-state index contributed by atoms with van der Waals surface area (Å²) in [6.45, 7) is 5.50. The van der Waals surface area contributed by atoms with Gasteiger partial charge < -0.3 is 10.6 Å². The van der Waals surface area contributed by atoms with Gasteiger partial charge in [-0.25, -0.2) is 8.42 Å². The predicted molar refractivity (Wildman–Crippen MR) is 131 cm³/mol. The van der Waals surface area contributed by atoms with Crippen molar-refractivity contribution in [3.63, 3.8) is 0 Å². The number of sulfonamides is 1. The molecule has 172 valence electrons. The second-order valence-corrected chi connectivity index (χ2v) is 9.98. The first kappa shape index (κ1) is 24.0. The van der Waals surface area contributed by atoms with E-state index in [0.717, 1.165) is 5.56 Å². The molecule has 0 aliphatic carbocycles. The number of anilines is 3. The van der Waals surface area contributed by atoms with E-state index >= 15 is 0 Å². The van der Waals surface area contributed by atoms with E-state index in [4.69, 9.17) is 0 Å². The summed E-state index contributed by atoms with van der Waals surface area (Å²) in [5.41, 5.74) is 2.78. The number of benzene rings is 3. The van der Waals surface area contributed by atoms with E-state index in [1.807, 2.05) is 19.1 Å². The summed E-state index contributed by atoms with van der Waals surface area (Å²) >= 11 is 0. The molecular formula is C25H27N3O4S. The molecule has 2 N–H and O–H groups in total. The largest absolute Gasteiger partial charge is 0.326 e. The number of nitrogens with zero attached hydrogens (tertiary/aromatic N) is 1. The topological polar surface area (TPSA) is 95.6 Å². The summed E-state index contributed by atoms with van der Waals surface area (Å²) in [5.74, 6) is -0.766. The Hall–Kier alpha value is -3.65. The van der Waals surface area contributed by atoms with E-state index < -0.39 is 15.9 Å². The van der Waals surface area contributed by atoms with Gasteiger partial charge in [-0.1, -0.05) is 43.7 Å². The molecule has 0 radical (unpaired) electrons. The van der Waals surface area contributed by atoms with Crippen molar-refractivity contribution >= 4 is 38.9 Å². The molecule has 0 atom stereocenters. The molecule has 33 heavy (non-hydrogen) atoms. The van der Waals surface area contributed by atoms with Crippen LogP contribution < -0.4 is 14.9 Å². The molecule has 0 heterocycles. The van der Waals surface area contributed by atoms with Gasteiger partial charge in [-0.2, -0.15) is 0 Å². The number of amides is 2. The first-order chi connectivity index (χ1) is 15.6. The van der Waals surface area contributed by atoms with Crippen molar-refractivity contribution in [3.8, 4) is 0 Å². The lowest BCUT2D eigenvalue weighted by Gasteiger charge is -2.20. The minimum Gasteiger partial charge on any atom is -0.326 e. The minimum absolute atomic E-state index is 0.0103. The van der Waals surface area contributed by atoms with Gasteiger partial charge in [0.2, 0.25) is 5.91 Å². The maximum absolute atomic E-state index is 13.1. The van der Waals surface area contributed by atoms with Crippen molar-refractivity contribution < 1.29 is 18.0 Å². The Morgan fingerprint density at radius 3 is 2.09 bits per heavy atom. The summed E-state index contributed by atoms with van der Waals surface area (Å²) in [6.07, 6.45) is 0. The van der Waals surface area contributed by atoms with Gasteiger partial charge in [0, 0.05) is 29.9 Å². The lowest BCUT2D eigenvalue weighted by molar-refractivity contribution is -0.118. The minimum atomic E-state index is -3.86. The zero-order valence-corrected chi connectivity index (χ0v) is 19.8. The summed E-state index contributed by atoms with van der Waals surface area (Å²) in [6, 6.07) is 19.8. The van der Waals surface area contributed by atoms with Gasteiger partial charge in [-0.3, -0.25) is 13.9 Å². The Balaban J connectivity index is 1.80. The lowest BCUT2D eigenvalue weighted by atomic mass is 10.2. The van der Waals surface area contributed by atoms with E-state index in [1.54, 1.807) is 56.3 Å². The second-order valence-electron chi connectivity index (χ2n) is 8.01. The zero-order chi connectivity index (χ0) is 24.2. The smallest absolute Gasteiger partial charge is 0.264 e. The van der Waals surface area contributed by atoms with Crippen molar-refractivity contribution in [2.45, 2.75) is 25.7 Å². The summed E-state index contributed by atoms with van der Waals surface area (Å²) in [5, 5.41) is 5.53. The SMILES string of the molecule is Cc1ccc(N(C)S(=O)(=O)c2cccc(C(=O)Nc3cccc(NC(=O)C(C)C)c3)c2)cc1. The third kappa shape index (κ3) is 5.78. The average molecular weight is 466 g/mol. The van der Waals surface area contributed by atoms with Crippen LogP contribution in [0.3, 0.4) is 0 Å². The molecular weight excluding hydrogens is 438 g/mol. The fraction of sp³-hybridized carbons (Fsp3) is 0.200. The number of rotatable bonds is 7. The van der Waals surface area contributed by atoms with Crippen LogP contribution in [-0.4, -0.2) is 27.3 Å². The third-order valence-corrected chi connectivity index (χ3v) is 6.85. The Morgan fingerprint density at radius 1 is 0.848 bits per heavy atom. The molecule has 0 aliphatic heterocycles. The molecule has 3 aromatic rings. The van der Waals surface area contributed by atoms with E-state index in [0.29, 0.717) is 17.1 Å². The van der Waals surface area contributed by atoms with Crippen molar-refractivity contribution in [1.82, 2.24) is 0 Å². The lowest BCUT2D eigenvalue weighted by Crippen LogP contribution is -2.26. The Kier molecular flexibility index (Phi) is 7.18. The molecule has 0 saturated carbocycles. The van der Waals surface area contributed by atoms with Crippen LogP contribution in [0.1, 0.15) is 29.8 Å². The number of aryl methyl sites for hydroxylation is 1. The van der Waals surface area contributed by atoms with Crippen LogP contribution in [0.25, 0.3) is 0 Å². The molecule has 0 saturated heterocycles. The van der Waals surface area contributed by atoms with Crippen molar-refractivity contribution in [1.29, 1.82) is 0 Å². The Labute approximate surface area is 194 Å². The highest BCUT2D eigenvalue weighted by Gasteiger charge is 2.22. The van der Waals surface area contributed by atoms with Crippen LogP contribution in [0, 0.1) is 12.8 Å². The quantitative estimate of drug-likeness (QED) is 0.530. The molecule has 0 aromatic heterocycles. The number of hydrogen-bond acceptors (Lipinski definition) is 4. The normalized spacial score (nSPS) is 11.2. The van der Waals surface area contributed by atoms with Crippen molar-refractivity contribution in [2.24, 2.45) is 5.92 Å². The Bertz CT molecular complexity index is 1270. The molecule has 0 bridgehead atoms. The maximum atomic E-state index is 13.1. The standard InChI is InChI=1S/C25H27N3O4S/c1-17(2)24(29)26-20-8-6-9-21(16-20)27-25(30)19-7-5-10-23(15-19)33(31,32)28(4)22-13-11-18(3)12-14-22/h5-17H,1-4H3,(H,26,29)(H,27,30). The second kappa shape index (κ2) is 9.87. The molecule has 0 spiro atoms. The first-order valence-electron chi connectivity index (χ1n) is 10.5. The average Bonchev–Trinajstić information content (AvgIpc) is 2.79. The van der Waals surface area contributed by atoms with Gasteiger partial charge in [0.05, 0.1) is 10.6 Å². The fourth-order valence-electron chi connectivity index (χ4n) is 3.01. The van der Waals surface area contributed by atoms with E-state index in [2.05, 4.69) is 10.6 Å². The molecule has 7 nitrogen and oxygen atoms in total. The van der Waals surface area contributed by atoms with Crippen LogP contribution in [0.2, 0.25) is 0 Å². The van der Waals surface area contributed by atoms with Crippen LogP contribution in [0.15, 0.2) is 77.7 Å². The highest BCUT2D eigenvalue weighted by molar-refractivity contribution is 7.92. The van der Waals surface area contributed by atoms with Gasteiger partial charge in [-0.05, 0) is 55.5 Å². The first-order valence-corrected chi connectivity index (χ1v) is 11.9. The number of nitrogens with one attached hydrogen (secondary N) is 2. The van der Waals surface area contributed by atoms with E-state index in [9.17, 15) is 18.0 Å². The van der Waals surface area contributed by atoms with Gasteiger partial charge >= 0.3 is 0 Å². The molecule has 3 rings (SSSR count). The van der Waals surface area contributed by atoms with Crippen LogP contribution in [0.5, 0.6) is 0 Å². The van der Waals surface area contributed by atoms with Crippen molar-refractivity contribution in [3.05, 3.63) is 83.9 Å². The maximum Gasteiger partial charge on any atom is 0.264 e. The fourth-order valence-corrected chi connectivity index (χ4v) is 4.26. The highest BCUT2D eigenvalue weighted by atomic mass is 32.2. The molecule has 0 aliphatic rings. The summed E-state index contributed by atoms with van der Waals surface area (Å²) < 4.78 is 27.4. The zero-order valence-electron chi connectivity index (χ0n) is 19.0. The number of carbonyl (C=O) groups is 2. The Morgan fingerprint density at radius 2 is 1.45 bits per heavy atom. The van der Waals surface area contributed by atoms with Gasteiger partial charge in [0.1, 0.15) is 0 Å². The molecule has 0 fully saturated rings. The summed E-state index contributed by atoms with van der Waals surface area (Å²) in [7, 11) is -2.38. The van der Waals surface area contributed by atoms with E-state index in [1.165, 1.54) is 29.6 Å². The van der Waals surface area contributed by atoms with Gasteiger partial charge in [0.25, 0.3) is 15.9 Å². The molecule has 2 amide bonds. The number of carbonyl (C=O) groups excluding carboxylic acids is 2. The van der Waals surface area contributed by atoms with E-state index in [-0.39, 0.29) is 22.3 Å². The van der Waals surface area contributed by atoms with Crippen LogP contribution in [0.4, 0.5) is 17.1 Å². The highest BCUT2D eigenvalue weighted by Crippen LogP contribution is 2.24. The van der Waals surface area contributed by atoms with Crippen LogP contribution in [-0.2, 0) is 14.8 Å². The molecule has 0 unspecified atom stereocenters.